The minimum Gasteiger partial charge on any atom is -0.321 e. The van der Waals surface area contributed by atoms with Crippen molar-refractivity contribution >= 4 is 23.2 Å². The van der Waals surface area contributed by atoms with Crippen molar-refractivity contribution < 1.29 is 9.59 Å². The van der Waals surface area contributed by atoms with Gasteiger partial charge in [0, 0.05) is 30.0 Å². The van der Waals surface area contributed by atoms with Crippen LogP contribution in [0.4, 0.5) is 11.4 Å². The Morgan fingerprint density at radius 2 is 1.96 bits per heavy atom. The molecule has 0 atom stereocenters. The number of anilines is 2. The number of nitrogens with one attached hydrogen (secondary N) is 1. The van der Waals surface area contributed by atoms with Crippen LogP contribution in [0.15, 0.2) is 61.1 Å². The standard InChI is InChI=1S/C21H20N4O2/c1-15-12-16(9-10-18(15)24-11-5-8-20(24)26)23-21(27)19-13-22-14-25(19)17-6-3-2-4-7-17/h2-4,6-7,9-10,12-14H,5,8,11H2,1H3,(H,23,27). The first-order chi connectivity index (χ1) is 13.1. The first-order valence-corrected chi connectivity index (χ1v) is 8.93. The van der Waals surface area contributed by atoms with E-state index >= 15 is 0 Å². The van der Waals surface area contributed by atoms with Crippen molar-refractivity contribution in [3.63, 3.8) is 0 Å². The number of carbonyl (C=O) groups excluding carboxylic acids is 2. The molecule has 1 aliphatic rings. The second kappa shape index (κ2) is 7.07. The van der Waals surface area contributed by atoms with E-state index < -0.39 is 0 Å². The zero-order chi connectivity index (χ0) is 18.8. The number of hydrogen-bond acceptors (Lipinski definition) is 3. The average molecular weight is 360 g/mol. The predicted octanol–water partition coefficient (Wildman–Crippen LogP) is 3.56. The lowest BCUT2D eigenvalue weighted by molar-refractivity contribution is -0.117. The number of aromatic nitrogens is 2. The molecule has 1 aliphatic heterocycles. The van der Waals surface area contributed by atoms with E-state index in [-0.39, 0.29) is 11.8 Å². The summed E-state index contributed by atoms with van der Waals surface area (Å²) >= 11 is 0. The average Bonchev–Trinajstić information content (AvgIpc) is 3.32. The fourth-order valence-electron chi connectivity index (χ4n) is 3.39. The minimum absolute atomic E-state index is 0.154. The van der Waals surface area contributed by atoms with Crippen molar-refractivity contribution in [3.8, 4) is 5.69 Å². The molecule has 27 heavy (non-hydrogen) atoms. The van der Waals surface area contributed by atoms with Crippen molar-refractivity contribution in [3.05, 3.63) is 72.3 Å². The van der Waals surface area contributed by atoms with Crippen LogP contribution in [-0.4, -0.2) is 27.9 Å². The molecule has 0 spiro atoms. The minimum atomic E-state index is -0.235. The first kappa shape index (κ1) is 17.0. The van der Waals surface area contributed by atoms with Gasteiger partial charge in [-0.05, 0) is 49.2 Å². The molecule has 0 unspecified atom stereocenters. The van der Waals surface area contributed by atoms with Gasteiger partial charge in [-0.15, -0.1) is 0 Å². The molecule has 3 aromatic rings. The lowest BCUT2D eigenvalue weighted by Crippen LogP contribution is -2.24. The molecule has 2 heterocycles. The quantitative estimate of drug-likeness (QED) is 0.773. The number of imidazole rings is 1. The summed E-state index contributed by atoms with van der Waals surface area (Å²) in [7, 11) is 0. The van der Waals surface area contributed by atoms with Gasteiger partial charge in [0.15, 0.2) is 0 Å². The molecule has 2 aromatic carbocycles. The first-order valence-electron chi connectivity index (χ1n) is 8.93. The number of benzene rings is 2. The Morgan fingerprint density at radius 3 is 2.67 bits per heavy atom. The zero-order valence-electron chi connectivity index (χ0n) is 15.1. The Kier molecular flexibility index (Phi) is 4.46. The van der Waals surface area contributed by atoms with Gasteiger partial charge >= 0.3 is 0 Å². The van der Waals surface area contributed by atoms with Crippen molar-refractivity contribution in [1.29, 1.82) is 0 Å². The highest BCUT2D eigenvalue weighted by Gasteiger charge is 2.23. The van der Waals surface area contributed by atoms with Gasteiger partial charge in [-0.1, -0.05) is 18.2 Å². The molecule has 0 aliphatic carbocycles. The van der Waals surface area contributed by atoms with Crippen LogP contribution in [0.25, 0.3) is 5.69 Å². The van der Waals surface area contributed by atoms with Gasteiger partial charge in [0.25, 0.3) is 5.91 Å². The molecule has 0 bridgehead atoms. The fraction of sp³-hybridized carbons (Fsp3) is 0.190. The smallest absolute Gasteiger partial charge is 0.274 e. The Labute approximate surface area is 157 Å². The highest BCUT2D eigenvalue weighted by atomic mass is 16.2. The molecular formula is C21H20N4O2. The Morgan fingerprint density at radius 1 is 1.15 bits per heavy atom. The summed E-state index contributed by atoms with van der Waals surface area (Å²) in [6.45, 7) is 2.70. The van der Waals surface area contributed by atoms with Gasteiger partial charge in [0.1, 0.15) is 5.69 Å². The summed E-state index contributed by atoms with van der Waals surface area (Å²) in [4.78, 5) is 30.6. The van der Waals surface area contributed by atoms with Gasteiger partial charge in [-0.2, -0.15) is 0 Å². The molecule has 1 N–H and O–H groups in total. The summed E-state index contributed by atoms with van der Waals surface area (Å²) in [5, 5.41) is 2.92. The lowest BCUT2D eigenvalue weighted by Gasteiger charge is -2.19. The normalized spacial score (nSPS) is 13.8. The molecule has 6 heteroatoms. The van der Waals surface area contributed by atoms with Gasteiger partial charge in [0.05, 0.1) is 12.5 Å². The molecule has 6 nitrogen and oxygen atoms in total. The van der Waals surface area contributed by atoms with E-state index in [4.69, 9.17) is 0 Å². The number of hydrogen-bond donors (Lipinski definition) is 1. The van der Waals surface area contributed by atoms with Crippen LogP contribution < -0.4 is 10.2 Å². The van der Waals surface area contributed by atoms with Crippen LogP contribution in [0.5, 0.6) is 0 Å². The molecule has 136 valence electrons. The van der Waals surface area contributed by atoms with Crippen LogP contribution in [0.1, 0.15) is 28.9 Å². The molecular weight excluding hydrogens is 340 g/mol. The monoisotopic (exact) mass is 360 g/mol. The van der Waals surface area contributed by atoms with Crippen LogP contribution in [-0.2, 0) is 4.79 Å². The van der Waals surface area contributed by atoms with Crippen LogP contribution in [0, 0.1) is 6.92 Å². The highest BCUT2D eigenvalue weighted by molar-refractivity contribution is 6.04. The Hall–Kier alpha value is -3.41. The summed E-state index contributed by atoms with van der Waals surface area (Å²) in [6.07, 6.45) is 4.66. The van der Waals surface area contributed by atoms with E-state index in [1.165, 1.54) is 0 Å². The third-order valence-electron chi connectivity index (χ3n) is 4.72. The molecule has 0 saturated carbocycles. The number of para-hydroxylation sites is 1. The molecule has 4 rings (SSSR count). The van der Waals surface area contributed by atoms with E-state index in [0.717, 1.165) is 29.9 Å². The third-order valence-corrected chi connectivity index (χ3v) is 4.72. The Bertz CT molecular complexity index is 994. The van der Waals surface area contributed by atoms with Crippen LogP contribution >= 0.6 is 0 Å². The number of amides is 2. The molecule has 2 amide bonds. The van der Waals surface area contributed by atoms with Crippen molar-refractivity contribution in [2.24, 2.45) is 0 Å². The third kappa shape index (κ3) is 3.33. The Balaban J connectivity index is 1.55. The van der Waals surface area contributed by atoms with E-state index in [1.54, 1.807) is 17.1 Å². The van der Waals surface area contributed by atoms with Gasteiger partial charge in [0.2, 0.25) is 5.91 Å². The SMILES string of the molecule is Cc1cc(NC(=O)c2cncn2-c2ccccc2)ccc1N1CCCC1=O. The largest absolute Gasteiger partial charge is 0.321 e. The van der Waals surface area contributed by atoms with Crippen LogP contribution in [0.2, 0.25) is 0 Å². The molecule has 0 radical (unpaired) electrons. The summed E-state index contributed by atoms with van der Waals surface area (Å²) in [6, 6.07) is 15.2. The van der Waals surface area contributed by atoms with Crippen LogP contribution in [0.3, 0.4) is 0 Å². The maximum atomic E-state index is 12.7. The van der Waals surface area contributed by atoms with E-state index in [1.807, 2.05) is 60.4 Å². The van der Waals surface area contributed by atoms with Crippen molar-refractivity contribution in [2.75, 3.05) is 16.8 Å². The summed E-state index contributed by atoms with van der Waals surface area (Å²) in [5.74, 6) is -0.0811. The van der Waals surface area contributed by atoms with Gasteiger partial charge < -0.3 is 10.2 Å². The lowest BCUT2D eigenvalue weighted by atomic mass is 10.1. The predicted molar refractivity (Wildman–Crippen MR) is 104 cm³/mol. The number of rotatable bonds is 4. The molecule has 1 saturated heterocycles. The molecule has 1 aromatic heterocycles. The fourth-order valence-corrected chi connectivity index (χ4v) is 3.39. The summed E-state index contributed by atoms with van der Waals surface area (Å²) in [5.41, 5.74) is 3.88. The summed E-state index contributed by atoms with van der Waals surface area (Å²) < 4.78 is 1.75. The number of carbonyl (C=O) groups is 2. The second-order valence-corrected chi connectivity index (χ2v) is 6.59. The van der Waals surface area contributed by atoms with Crippen molar-refractivity contribution in [1.82, 2.24) is 9.55 Å². The zero-order valence-corrected chi connectivity index (χ0v) is 15.1. The maximum Gasteiger partial charge on any atom is 0.274 e. The topological polar surface area (TPSA) is 67.2 Å². The second-order valence-electron chi connectivity index (χ2n) is 6.59. The van der Waals surface area contributed by atoms with Gasteiger partial charge in [-0.3, -0.25) is 14.2 Å². The number of aryl methyl sites for hydroxylation is 1. The highest BCUT2D eigenvalue weighted by Crippen LogP contribution is 2.27. The van der Waals surface area contributed by atoms with Crippen molar-refractivity contribution in [2.45, 2.75) is 19.8 Å². The van der Waals surface area contributed by atoms with E-state index in [9.17, 15) is 9.59 Å². The number of nitrogens with zero attached hydrogens (tertiary/aromatic N) is 3. The van der Waals surface area contributed by atoms with E-state index in [0.29, 0.717) is 17.8 Å². The van der Waals surface area contributed by atoms with Gasteiger partial charge in [-0.25, -0.2) is 4.98 Å². The maximum absolute atomic E-state index is 12.7. The van der Waals surface area contributed by atoms with E-state index in [2.05, 4.69) is 10.3 Å². The molecule has 1 fully saturated rings.